The molecule has 3 fully saturated rings. The van der Waals surface area contributed by atoms with Gasteiger partial charge in [-0.25, -0.2) is 8.42 Å². The van der Waals surface area contributed by atoms with Crippen molar-refractivity contribution in [1.29, 1.82) is 0 Å². The zero-order chi connectivity index (χ0) is 28.3. The van der Waals surface area contributed by atoms with E-state index in [1.54, 1.807) is 9.36 Å². The quantitative estimate of drug-likeness (QED) is 0.329. The van der Waals surface area contributed by atoms with Crippen molar-refractivity contribution in [1.82, 2.24) is 29.2 Å². The van der Waals surface area contributed by atoms with E-state index in [0.717, 1.165) is 59.5 Å². The maximum absolute atomic E-state index is 13.7. The maximum Gasteiger partial charge on any atom is 0.257 e. The molecule has 2 aliphatic heterocycles. The van der Waals surface area contributed by atoms with Gasteiger partial charge in [0.05, 0.1) is 16.8 Å². The average molecular weight is 613 g/mol. The van der Waals surface area contributed by atoms with E-state index in [0.29, 0.717) is 35.8 Å². The number of nitrogens with zero attached hydrogens (tertiary/aromatic N) is 6. The standard InChI is InChI=1S/C29H36N8O3S.ClH/c1-34-16-19-14-23(15-20(27(19)32-34)17-37-10-3-13-41(37,39)40)31-29(38)24-6-7-26(25-18-35(2)33-28(24)25)36-11-8-22(9-12-36)30-21-4-5-21;/h6-7,14-16,18,21-22,30H,3-5,8-13,17H2,1-2H3,(H,31,38);1H. The van der Waals surface area contributed by atoms with Crippen LogP contribution < -0.4 is 15.5 Å². The molecule has 2 aromatic heterocycles. The third-order valence-electron chi connectivity index (χ3n) is 8.51. The summed E-state index contributed by atoms with van der Waals surface area (Å²) in [5, 5.41) is 17.9. The summed E-state index contributed by atoms with van der Waals surface area (Å²) < 4.78 is 30.0. The lowest BCUT2D eigenvalue weighted by molar-refractivity contribution is 0.102. The second-order valence-electron chi connectivity index (χ2n) is 11.7. The van der Waals surface area contributed by atoms with Crippen LogP contribution >= 0.6 is 12.4 Å². The molecule has 4 heterocycles. The Balaban J connectivity index is 0.00000316. The molecule has 3 aliphatic rings. The summed E-state index contributed by atoms with van der Waals surface area (Å²) >= 11 is 0. The number of anilines is 2. The van der Waals surface area contributed by atoms with Crippen molar-refractivity contribution in [2.24, 2.45) is 14.1 Å². The van der Waals surface area contributed by atoms with Crippen molar-refractivity contribution in [3.63, 3.8) is 0 Å². The molecular weight excluding hydrogens is 576 g/mol. The lowest BCUT2D eigenvalue weighted by Gasteiger charge is -2.34. The summed E-state index contributed by atoms with van der Waals surface area (Å²) in [7, 11) is 0.441. The SMILES string of the molecule is Cl.Cn1cc2cc(NC(=O)c3ccc(N4CCC(NC5CC5)CC4)c4cn(C)nc34)cc(CN3CCCS3(=O)=O)c2n1. The van der Waals surface area contributed by atoms with E-state index in [4.69, 9.17) is 0 Å². The van der Waals surface area contributed by atoms with Gasteiger partial charge in [0.15, 0.2) is 0 Å². The number of hydrogen-bond donors (Lipinski definition) is 2. The number of fused-ring (bicyclic) bond motifs is 2. The van der Waals surface area contributed by atoms with Crippen molar-refractivity contribution in [2.75, 3.05) is 35.6 Å². The number of rotatable bonds is 7. The summed E-state index contributed by atoms with van der Waals surface area (Å²) in [5.74, 6) is -0.0872. The largest absolute Gasteiger partial charge is 0.371 e. The highest BCUT2D eigenvalue weighted by Gasteiger charge is 2.30. The maximum atomic E-state index is 13.7. The number of sulfonamides is 1. The third-order valence-corrected chi connectivity index (χ3v) is 10.4. The predicted octanol–water partition coefficient (Wildman–Crippen LogP) is 3.39. The molecule has 1 saturated carbocycles. The number of nitrogens with one attached hydrogen (secondary N) is 2. The molecule has 0 unspecified atom stereocenters. The molecular formula is C29H37ClN8O3S. The highest BCUT2D eigenvalue weighted by atomic mass is 35.5. The first-order valence-corrected chi connectivity index (χ1v) is 16.1. The molecule has 0 bridgehead atoms. The van der Waals surface area contributed by atoms with Gasteiger partial charge in [-0.1, -0.05) is 0 Å². The molecule has 0 spiro atoms. The van der Waals surface area contributed by atoms with Gasteiger partial charge in [0.1, 0.15) is 5.52 Å². The molecule has 13 heteroatoms. The molecule has 2 saturated heterocycles. The van der Waals surface area contributed by atoms with Crippen LogP contribution in [-0.4, -0.2) is 75.7 Å². The number of aromatic nitrogens is 4. The van der Waals surface area contributed by atoms with Gasteiger partial charge in [-0.05, 0) is 61.9 Å². The number of hydrogen-bond acceptors (Lipinski definition) is 7. The van der Waals surface area contributed by atoms with Gasteiger partial charge in [0.25, 0.3) is 5.91 Å². The first-order valence-electron chi connectivity index (χ1n) is 14.5. The van der Waals surface area contributed by atoms with E-state index in [2.05, 4.69) is 25.7 Å². The number of amides is 1. The molecule has 0 atom stereocenters. The Kier molecular flexibility index (Phi) is 7.67. The van der Waals surface area contributed by atoms with Crippen LogP contribution in [0.15, 0.2) is 36.7 Å². The van der Waals surface area contributed by atoms with Crippen molar-refractivity contribution < 1.29 is 13.2 Å². The first kappa shape index (κ1) is 28.9. The van der Waals surface area contributed by atoms with Gasteiger partial charge in [-0.2, -0.15) is 14.5 Å². The topological polar surface area (TPSA) is 117 Å². The second-order valence-corrected chi connectivity index (χ2v) is 13.8. The molecule has 42 heavy (non-hydrogen) atoms. The minimum Gasteiger partial charge on any atom is -0.371 e. The second kappa shape index (κ2) is 11.1. The Hall–Kier alpha value is -3.19. The molecule has 11 nitrogen and oxygen atoms in total. The Morgan fingerprint density at radius 1 is 0.952 bits per heavy atom. The summed E-state index contributed by atoms with van der Waals surface area (Å²) in [6.07, 6.45) is 9.32. The minimum atomic E-state index is -3.27. The van der Waals surface area contributed by atoms with Gasteiger partial charge in [-0.15, -0.1) is 12.4 Å². The zero-order valence-electron chi connectivity index (χ0n) is 23.9. The Morgan fingerprint density at radius 2 is 1.67 bits per heavy atom. The number of carbonyl (C=O) groups excluding carboxylic acids is 1. The number of benzene rings is 2. The molecule has 7 rings (SSSR count). The minimum absolute atomic E-state index is 0. The Morgan fingerprint density at radius 3 is 2.38 bits per heavy atom. The van der Waals surface area contributed by atoms with Gasteiger partial charge in [0, 0.05) is 86.9 Å². The third kappa shape index (κ3) is 5.60. The molecule has 4 aromatic rings. The van der Waals surface area contributed by atoms with Crippen LogP contribution in [0.5, 0.6) is 0 Å². The Labute approximate surface area is 251 Å². The average Bonchev–Trinajstić information content (AvgIpc) is 3.37. The molecule has 0 radical (unpaired) electrons. The fraction of sp³-hybridized carbons (Fsp3) is 0.483. The van der Waals surface area contributed by atoms with Gasteiger partial charge in [0.2, 0.25) is 10.0 Å². The van der Waals surface area contributed by atoms with E-state index in [1.165, 1.54) is 17.1 Å². The summed E-state index contributed by atoms with van der Waals surface area (Å²) in [5.41, 5.74) is 4.39. The lowest BCUT2D eigenvalue weighted by Crippen LogP contribution is -2.43. The van der Waals surface area contributed by atoms with Gasteiger partial charge >= 0.3 is 0 Å². The highest BCUT2D eigenvalue weighted by molar-refractivity contribution is 7.89. The van der Waals surface area contributed by atoms with Crippen molar-refractivity contribution in [2.45, 2.75) is 50.7 Å². The highest BCUT2D eigenvalue weighted by Crippen LogP contribution is 2.33. The monoisotopic (exact) mass is 612 g/mol. The molecule has 2 aromatic carbocycles. The smallest absolute Gasteiger partial charge is 0.257 e. The fourth-order valence-corrected chi connectivity index (χ4v) is 7.81. The fourth-order valence-electron chi connectivity index (χ4n) is 6.31. The normalized spacial score (nSPS) is 19.4. The van der Waals surface area contributed by atoms with Gasteiger partial charge in [-0.3, -0.25) is 14.2 Å². The molecule has 224 valence electrons. The number of aryl methyl sites for hydroxylation is 2. The van der Waals surface area contributed by atoms with Crippen LogP contribution in [0.3, 0.4) is 0 Å². The van der Waals surface area contributed by atoms with Crippen molar-refractivity contribution in [3.05, 3.63) is 47.8 Å². The summed E-state index contributed by atoms with van der Waals surface area (Å²) in [6.45, 7) is 2.67. The van der Waals surface area contributed by atoms with Crippen LogP contribution in [0.1, 0.15) is 48.0 Å². The summed E-state index contributed by atoms with van der Waals surface area (Å²) in [6, 6.07) is 8.94. The predicted molar refractivity (Wildman–Crippen MR) is 167 cm³/mol. The van der Waals surface area contributed by atoms with Crippen molar-refractivity contribution >= 4 is 61.5 Å². The van der Waals surface area contributed by atoms with Crippen LogP contribution in [0.2, 0.25) is 0 Å². The lowest BCUT2D eigenvalue weighted by atomic mass is 10.0. The first-order chi connectivity index (χ1) is 19.7. The van der Waals surface area contributed by atoms with E-state index < -0.39 is 10.0 Å². The van der Waals surface area contributed by atoms with E-state index >= 15 is 0 Å². The van der Waals surface area contributed by atoms with E-state index in [1.807, 2.05) is 50.8 Å². The van der Waals surface area contributed by atoms with Crippen LogP contribution in [0.25, 0.3) is 21.8 Å². The van der Waals surface area contributed by atoms with Crippen LogP contribution in [-0.2, 0) is 30.7 Å². The number of piperidine rings is 1. The van der Waals surface area contributed by atoms with Crippen LogP contribution in [0, 0.1) is 0 Å². The van der Waals surface area contributed by atoms with Crippen molar-refractivity contribution in [3.8, 4) is 0 Å². The molecule has 1 amide bonds. The van der Waals surface area contributed by atoms with E-state index in [-0.39, 0.29) is 30.6 Å². The number of halogens is 1. The number of carbonyl (C=O) groups is 1. The molecule has 2 N–H and O–H groups in total. The van der Waals surface area contributed by atoms with Gasteiger partial charge < -0.3 is 15.5 Å². The Bertz CT molecular complexity index is 1760. The molecule has 1 aliphatic carbocycles. The zero-order valence-corrected chi connectivity index (χ0v) is 25.5. The van der Waals surface area contributed by atoms with E-state index in [9.17, 15) is 13.2 Å². The van der Waals surface area contributed by atoms with Crippen LogP contribution in [0.4, 0.5) is 11.4 Å². The summed E-state index contributed by atoms with van der Waals surface area (Å²) in [4.78, 5) is 16.1.